The highest BCUT2D eigenvalue weighted by Crippen LogP contribution is 2.03. The Morgan fingerprint density at radius 1 is 1.43 bits per heavy atom. The fourth-order valence-electron chi connectivity index (χ4n) is 0.271. The molecule has 0 saturated carbocycles. The van der Waals surface area contributed by atoms with Gasteiger partial charge in [-0.3, -0.25) is 10.1 Å². The maximum absolute atomic E-state index is 9.86. The van der Waals surface area contributed by atoms with Gasteiger partial charge in [-0.2, -0.15) is 0 Å². The number of aliphatic hydroxyl groups is 2. The molecule has 0 radical (unpaired) electrons. The van der Waals surface area contributed by atoms with Gasteiger partial charge >= 0.3 is 0 Å². The van der Waals surface area contributed by atoms with Gasteiger partial charge < -0.3 is 10.2 Å². The number of carbonyl (C=O) groups is 1. The molecule has 0 spiro atoms. The molecule has 0 unspecified atom stereocenters. The van der Waals surface area contributed by atoms with Gasteiger partial charge in [-0.15, -0.1) is 0 Å². The summed E-state index contributed by atoms with van der Waals surface area (Å²) in [5, 5.41) is 18.3. The van der Waals surface area contributed by atoms with E-state index in [1.165, 1.54) is 0 Å². The topological polar surface area (TPSA) is 69.6 Å². The van der Waals surface area contributed by atoms with Crippen molar-refractivity contribution in [2.75, 3.05) is 0 Å². The molecular weight excluding hydrogens is 98.0 g/mol. The van der Waals surface area contributed by atoms with Gasteiger partial charge in [0.1, 0.15) is 0 Å². The lowest BCUT2D eigenvalue weighted by molar-refractivity contribution is -0.123. The Kier molecular flexibility index (Phi) is 0.512. The van der Waals surface area contributed by atoms with Crippen LogP contribution in [-0.4, -0.2) is 16.1 Å². The lowest BCUT2D eigenvalue weighted by Crippen LogP contribution is -2.36. The largest absolute Gasteiger partial charge is 0.499 e. The molecular formula is C3H3NO3. The van der Waals surface area contributed by atoms with E-state index in [1.807, 2.05) is 5.32 Å². The van der Waals surface area contributed by atoms with E-state index in [2.05, 4.69) is 0 Å². The Morgan fingerprint density at radius 3 is 2.00 bits per heavy atom. The van der Waals surface area contributed by atoms with E-state index < -0.39 is 17.5 Å². The molecule has 0 aliphatic carbocycles. The highest BCUT2D eigenvalue weighted by molar-refractivity contribution is 5.98. The number of carbonyl (C=O) groups excluding carboxylic acids is 1. The molecule has 1 aliphatic heterocycles. The summed E-state index contributed by atoms with van der Waals surface area (Å²) >= 11 is 0. The molecule has 1 amide bonds. The number of rotatable bonds is 0. The summed E-state index contributed by atoms with van der Waals surface area (Å²) < 4.78 is 0. The fraction of sp³-hybridized carbons (Fsp3) is 0. The quantitative estimate of drug-likeness (QED) is 0.381. The van der Waals surface area contributed by atoms with E-state index in [1.54, 1.807) is 0 Å². The summed E-state index contributed by atoms with van der Waals surface area (Å²) in [6.45, 7) is 0. The van der Waals surface area contributed by atoms with Gasteiger partial charge in [0.25, 0.3) is 5.91 Å². The molecule has 1 aliphatic rings. The smallest absolute Gasteiger partial charge is 0.298 e. The minimum absolute atomic E-state index is 0.440. The van der Waals surface area contributed by atoms with Crippen molar-refractivity contribution in [3.63, 3.8) is 0 Å². The van der Waals surface area contributed by atoms with Crippen molar-refractivity contribution < 1.29 is 15.0 Å². The number of aliphatic hydroxyl groups excluding tert-OH is 2. The van der Waals surface area contributed by atoms with Crippen LogP contribution in [0.3, 0.4) is 0 Å². The van der Waals surface area contributed by atoms with Crippen LogP contribution in [0.4, 0.5) is 0 Å². The number of hydrogen-bond acceptors (Lipinski definition) is 3. The van der Waals surface area contributed by atoms with Crippen LogP contribution < -0.4 is 5.32 Å². The zero-order chi connectivity index (χ0) is 5.44. The molecule has 1 rings (SSSR count). The Hall–Kier alpha value is -1.19. The minimum atomic E-state index is -0.627. The Labute approximate surface area is 39.1 Å². The van der Waals surface area contributed by atoms with Crippen molar-refractivity contribution in [3.05, 3.63) is 11.6 Å². The molecule has 0 atom stereocenters. The zero-order valence-corrected chi connectivity index (χ0v) is 3.30. The molecule has 38 valence electrons. The first-order chi connectivity index (χ1) is 3.22. The average molecular weight is 101 g/mol. The molecule has 4 nitrogen and oxygen atoms in total. The lowest BCUT2D eigenvalue weighted by Gasteiger charge is -2.11. The maximum Gasteiger partial charge on any atom is 0.298 e. The molecule has 0 aromatic carbocycles. The first kappa shape index (κ1) is 3.98. The third-order valence-corrected chi connectivity index (χ3v) is 0.671. The van der Waals surface area contributed by atoms with Crippen LogP contribution in [0.25, 0.3) is 0 Å². The van der Waals surface area contributed by atoms with Crippen LogP contribution >= 0.6 is 0 Å². The van der Waals surface area contributed by atoms with E-state index in [0.29, 0.717) is 0 Å². The monoisotopic (exact) mass is 101 g/mol. The van der Waals surface area contributed by atoms with Crippen LogP contribution in [-0.2, 0) is 4.79 Å². The Bertz CT molecular complexity index is 148. The highest BCUT2D eigenvalue weighted by Gasteiger charge is 2.24. The normalized spacial score (nSPS) is 18.6. The lowest BCUT2D eigenvalue weighted by atomic mass is 10.3. The summed E-state index contributed by atoms with van der Waals surface area (Å²) in [6, 6.07) is 0. The standard InChI is InChI=1S/C3H3NO3/c5-1-2(6)4-3(1)7/h5H,(H2,4,6,7). The average Bonchev–Trinajstić information content (AvgIpc) is 1.68. The second-order valence-electron chi connectivity index (χ2n) is 1.15. The van der Waals surface area contributed by atoms with Crippen LogP contribution in [0.1, 0.15) is 0 Å². The molecule has 0 aromatic heterocycles. The second-order valence-corrected chi connectivity index (χ2v) is 1.15. The number of hydrogen-bond donors (Lipinski definition) is 3. The predicted octanol–water partition coefficient (Wildman–Crippen LogP) is -0.599. The first-order valence-corrected chi connectivity index (χ1v) is 1.65. The van der Waals surface area contributed by atoms with Crippen molar-refractivity contribution in [2.45, 2.75) is 0 Å². The molecule has 3 N–H and O–H groups in total. The van der Waals surface area contributed by atoms with Crippen LogP contribution in [0.5, 0.6) is 0 Å². The molecule has 4 heteroatoms. The SMILES string of the molecule is O=C1NC(O)=C1O. The minimum Gasteiger partial charge on any atom is -0.499 e. The molecule has 1 heterocycles. The number of nitrogens with one attached hydrogen (secondary N) is 1. The third kappa shape index (κ3) is 0.325. The van der Waals surface area contributed by atoms with Gasteiger partial charge in [0.2, 0.25) is 11.6 Å². The Balaban J connectivity index is 2.85. The van der Waals surface area contributed by atoms with Crippen molar-refractivity contribution in [3.8, 4) is 0 Å². The maximum atomic E-state index is 9.86. The van der Waals surface area contributed by atoms with Gasteiger partial charge in [0.15, 0.2) is 0 Å². The third-order valence-electron chi connectivity index (χ3n) is 0.671. The summed E-state index contributed by atoms with van der Waals surface area (Å²) in [6.07, 6.45) is 0. The summed E-state index contributed by atoms with van der Waals surface area (Å²) in [4.78, 5) is 9.86. The second kappa shape index (κ2) is 0.900. The van der Waals surface area contributed by atoms with Crippen molar-refractivity contribution in [1.29, 1.82) is 0 Å². The summed E-state index contributed by atoms with van der Waals surface area (Å²) in [7, 11) is 0. The highest BCUT2D eigenvalue weighted by atomic mass is 16.3. The van der Waals surface area contributed by atoms with Gasteiger partial charge in [0.05, 0.1) is 0 Å². The van der Waals surface area contributed by atoms with Crippen LogP contribution in [0.15, 0.2) is 11.6 Å². The molecule has 0 bridgehead atoms. The molecule has 0 fully saturated rings. The number of amides is 1. The van der Waals surface area contributed by atoms with E-state index in [4.69, 9.17) is 10.2 Å². The summed E-state index contributed by atoms with van der Waals surface area (Å²) in [5.74, 6) is -1.65. The molecule has 0 saturated heterocycles. The van der Waals surface area contributed by atoms with Crippen LogP contribution in [0, 0.1) is 0 Å². The first-order valence-electron chi connectivity index (χ1n) is 1.65. The predicted molar refractivity (Wildman–Crippen MR) is 20.4 cm³/mol. The van der Waals surface area contributed by atoms with E-state index in [0.717, 1.165) is 0 Å². The molecule has 0 aromatic rings. The van der Waals surface area contributed by atoms with E-state index in [-0.39, 0.29) is 0 Å². The zero-order valence-electron chi connectivity index (χ0n) is 3.30. The van der Waals surface area contributed by atoms with Gasteiger partial charge in [-0.05, 0) is 0 Å². The van der Waals surface area contributed by atoms with Crippen molar-refractivity contribution >= 4 is 5.91 Å². The van der Waals surface area contributed by atoms with Gasteiger partial charge in [-0.1, -0.05) is 0 Å². The van der Waals surface area contributed by atoms with Crippen molar-refractivity contribution in [1.82, 2.24) is 5.32 Å². The Morgan fingerprint density at radius 2 is 2.00 bits per heavy atom. The van der Waals surface area contributed by atoms with Crippen molar-refractivity contribution in [2.24, 2.45) is 0 Å². The van der Waals surface area contributed by atoms with Gasteiger partial charge in [-0.25, -0.2) is 0 Å². The van der Waals surface area contributed by atoms with Gasteiger partial charge in [0, 0.05) is 0 Å². The fourth-order valence-corrected chi connectivity index (χ4v) is 0.271. The van der Waals surface area contributed by atoms with E-state index in [9.17, 15) is 4.79 Å². The van der Waals surface area contributed by atoms with E-state index >= 15 is 0 Å². The van der Waals surface area contributed by atoms with Crippen LogP contribution in [0.2, 0.25) is 0 Å². The summed E-state index contributed by atoms with van der Waals surface area (Å²) in [5.41, 5.74) is 0. The molecule has 7 heavy (non-hydrogen) atoms.